The zero-order chi connectivity index (χ0) is 13.3. The average molecular weight is 249 g/mol. The standard InChI is InChI=1S/C12H15N3O3/c1-2-14-9-5-3-4-6-10(9)15(12(14)18)7-8(13)11(16)17/h3-6,8H,2,7,13H2,1H3,(H,16,17). The van der Waals surface area contributed by atoms with Crippen LogP contribution < -0.4 is 11.4 Å². The summed E-state index contributed by atoms with van der Waals surface area (Å²) in [6.07, 6.45) is 0. The molecule has 0 aliphatic carbocycles. The topological polar surface area (TPSA) is 90.3 Å². The maximum Gasteiger partial charge on any atom is 0.329 e. The fourth-order valence-corrected chi connectivity index (χ4v) is 2.03. The van der Waals surface area contributed by atoms with Gasteiger partial charge in [0, 0.05) is 6.54 Å². The smallest absolute Gasteiger partial charge is 0.329 e. The van der Waals surface area contributed by atoms with Gasteiger partial charge in [0.25, 0.3) is 0 Å². The highest BCUT2D eigenvalue weighted by Crippen LogP contribution is 2.12. The Morgan fingerprint density at radius 2 is 1.89 bits per heavy atom. The number of aromatic nitrogens is 2. The number of nitrogens with two attached hydrogens (primary N) is 1. The Labute approximate surface area is 103 Å². The van der Waals surface area contributed by atoms with Crippen LogP contribution >= 0.6 is 0 Å². The van der Waals surface area contributed by atoms with Crippen molar-refractivity contribution in [3.05, 3.63) is 34.7 Å². The average Bonchev–Trinajstić information content (AvgIpc) is 2.62. The van der Waals surface area contributed by atoms with E-state index in [0.717, 1.165) is 5.52 Å². The number of rotatable bonds is 4. The van der Waals surface area contributed by atoms with Crippen LogP contribution in [0.15, 0.2) is 29.1 Å². The lowest BCUT2D eigenvalue weighted by atomic mass is 10.3. The van der Waals surface area contributed by atoms with Crippen LogP contribution in [0.4, 0.5) is 0 Å². The second-order valence-corrected chi connectivity index (χ2v) is 4.07. The van der Waals surface area contributed by atoms with Gasteiger partial charge in [-0.1, -0.05) is 12.1 Å². The first-order valence-corrected chi connectivity index (χ1v) is 5.72. The number of carbonyl (C=O) groups is 1. The molecule has 0 saturated carbocycles. The van der Waals surface area contributed by atoms with Crippen molar-refractivity contribution in [3.8, 4) is 0 Å². The number of nitrogens with zero attached hydrogens (tertiary/aromatic N) is 2. The minimum absolute atomic E-state index is 0.0261. The number of carboxylic acid groups (broad SMARTS) is 1. The maximum atomic E-state index is 12.2. The van der Waals surface area contributed by atoms with E-state index in [1.165, 1.54) is 4.57 Å². The number of hydrogen-bond acceptors (Lipinski definition) is 3. The predicted molar refractivity (Wildman–Crippen MR) is 67.5 cm³/mol. The van der Waals surface area contributed by atoms with E-state index < -0.39 is 12.0 Å². The normalized spacial score (nSPS) is 12.8. The van der Waals surface area contributed by atoms with Crippen LogP contribution in [0.2, 0.25) is 0 Å². The summed E-state index contributed by atoms with van der Waals surface area (Å²) in [5, 5.41) is 8.82. The molecule has 96 valence electrons. The molecule has 1 aromatic carbocycles. The Bertz CT molecular complexity index is 642. The lowest BCUT2D eigenvalue weighted by Gasteiger charge is -2.07. The lowest BCUT2D eigenvalue weighted by molar-refractivity contribution is -0.138. The first-order valence-electron chi connectivity index (χ1n) is 5.72. The van der Waals surface area contributed by atoms with Crippen molar-refractivity contribution in [1.82, 2.24) is 9.13 Å². The van der Waals surface area contributed by atoms with E-state index in [1.54, 1.807) is 10.6 Å². The van der Waals surface area contributed by atoms with E-state index in [1.807, 2.05) is 25.1 Å². The molecule has 1 unspecified atom stereocenters. The second-order valence-electron chi connectivity index (χ2n) is 4.07. The van der Waals surface area contributed by atoms with Gasteiger partial charge in [0.05, 0.1) is 17.6 Å². The highest BCUT2D eigenvalue weighted by molar-refractivity contribution is 5.77. The van der Waals surface area contributed by atoms with Crippen LogP contribution in [0, 0.1) is 0 Å². The SMILES string of the molecule is CCn1c(=O)n(CC(N)C(=O)O)c2ccccc21. The minimum Gasteiger partial charge on any atom is -0.480 e. The van der Waals surface area contributed by atoms with Gasteiger partial charge in [0.15, 0.2) is 0 Å². The molecular formula is C12H15N3O3. The Hall–Kier alpha value is -2.08. The third-order valence-corrected chi connectivity index (χ3v) is 2.94. The van der Waals surface area contributed by atoms with Gasteiger partial charge >= 0.3 is 11.7 Å². The molecule has 6 heteroatoms. The van der Waals surface area contributed by atoms with Crippen LogP contribution in [0.3, 0.4) is 0 Å². The van der Waals surface area contributed by atoms with E-state index in [2.05, 4.69) is 0 Å². The van der Waals surface area contributed by atoms with E-state index in [0.29, 0.717) is 12.1 Å². The zero-order valence-electron chi connectivity index (χ0n) is 10.0. The summed E-state index contributed by atoms with van der Waals surface area (Å²) < 4.78 is 3.02. The van der Waals surface area contributed by atoms with Gasteiger partial charge in [-0.2, -0.15) is 0 Å². The molecule has 0 fully saturated rings. The van der Waals surface area contributed by atoms with E-state index >= 15 is 0 Å². The molecule has 6 nitrogen and oxygen atoms in total. The number of benzene rings is 1. The van der Waals surface area contributed by atoms with Gasteiger partial charge in [-0.05, 0) is 19.1 Å². The largest absolute Gasteiger partial charge is 0.480 e. The quantitative estimate of drug-likeness (QED) is 0.811. The van der Waals surface area contributed by atoms with E-state index in [4.69, 9.17) is 10.8 Å². The number of hydrogen-bond donors (Lipinski definition) is 2. The van der Waals surface area contributed by atoms with Crippen molar-refractivity contribution < 1.29 is 9.90 Å². The van der Waals surface area contributed by atoms with Gasteiger partial charge in [-0.15, -0.1) is 0 Å². The van der Waals surface area contributed by atoms with Crippen LogP contribution in [0.5, 0.6) is 0 Å². The monoisotopic (exact) mass is 249 g/mol. The van der Waals surface area contributed by atoms with Crippen molar-refractivity contribution in [3.63, 3.8) is 0 Å². The van der Waals surface area contributed by atoms with Crippen molar-refractivity contribution in [2.45, 2.75) is 26.1 Å². The summed E-state index contributed by atoms with van der Waals surface area (Å²) in [6.45, 7) is 2.38. The van der Waals surface area contributed by atoms with E-state index in [9.17, 15) is 9.59 Å². The Morgan fingerprint density at radius 1 is 1.33 bits per heavy atom. The highest BCUT2D eigenvalue weighted by Gasteiger charge is 2.17. The lowest BCUT2D eigenvalue weighted by Crippen LogP contribution is -2.38. The van der Waals surface area contributed by atoms with Gasteiger partial charge in [-0.25, -0.2) is 4.79 Å². The van der Waals surface area contributed by atoms with Crippen LogP contribution in [0.25, 0.3) is 11.0 Å². The molecule has 0 bridgehead atoms. The fourth-order valence-electron chi connectivity index (χ4n) is 2.03. The predicted octanol–water partition coefficient (Wildman–Crippen LogP) is 0.235. The van der Waals surface area contributed by atoms with Crippen molar-refractivity contribution in [2.75, 3.05) is 0 Å². The number of aryl methyl sites for hydroxylation is 1. The minimum atomic E-state index is -1.12. The first-order chi connectivity index (χ1) is 8.56. The Morgan fingerprint density at radius 3 is 2.39 bits per heavy atom. The molecule has 2 rings (SSSR count). The third kappa shape index (κ3) is 1.91. The van der Waals surface area contributed by atoms with Crippen molar-refractivity contribution >= 4 is 17.0 Å². The molecule has 0 amide bonds. The number of aliphatic carboxylic acids is 1. The van der Waals surface area contributed by atoms with Crippen molar-refractivity contribution in [2.24, 2.45) is 5.73 Å². The molecule has 2 aromatic rings. The number of para-hydroxylation sites is 2. The molecular weight excluding hydrogens is 234 g/mol. The van der Waals surface area contributed by atoms with E-state index in [-0.39, 0.29) is 12.2 Å². The molecule has 0 aliphatic rings. The molecule has 0 aliphatic heterocycles. The van der Waals surface area contributed by atoms with Crippen molar-refractivity contribution in [1.29, 1.82) is 0 Å². The van der Waals surface area contributed by atoms with Gasteiger partial charge in [0.2, 0.25) is 0 Å². The molecule has 18 heavy (non-hydrogen) atoms. The van der Waals surface area contributed by atoms with Crippen LogP contribution in [-0.2, 0) is 17.9 Å². The summed E-state index contributed by atoms with van der Waals surface area (Å²) in [5.74, 6) is -1.12. The molecule has 1 aromatic heterocycles. The third-order valence-electron chi connectivity index (χ3n) is 2.94. The number of carboxylic acids is 1. The Kier molecular flexibility index (Phi) is 3.20. The highest BCUT2D eigenvalue weighted by atomic mass is 16.4. The molecule has 1 heterocycles. The zero-order valence-corrected chi connectivity index (χ0v) is 10.0. The first kappa shape index (κ1) is 12.4. The van der Waals surface area contributed by atoms with Crippen LogP contribution in [-0.4, -0.2) is 26.3 Å². The number of fused-ring (bicyclic) bond motifs is 1. The molecule has 0 saturated heterocycles. The summed E-state index contributed by atoms with van der Waals surface area (Å²) in [6, 6.07) is 6.19. The molecule has 1 atom stereocenters. The van der Waals surface area contributed by atoms with Crippen LogP contribution in [0.1, 0.15) is 6.92 Å². The van der Waals surface area contributed by atoms with Gasteiger partial charge in [-0.3, -0.25) is 13.9 Å². The summed E-state index contributed by atoms with van der Waals surface area (Å²) in [4.78, 5) is 22.9. The van der Waals surface area contributed by atoms with Gasteiger partial charge < -0.3 is 10.8 Å². The Balaban J connectivity index is 2.60. The summed E-state index contributed by atoms with van der Waals surface area (Å²) in [7, 11) is 0. The summed E-state index contributed by atoms with van der Waals surface area (Å²) in [5.41, 5.74) is 6.77. The molecule has 0 radical (unpaired) electrons. The second kappa shape index (κ2) is 4.66. The summed E-state index contributed by atoms with van der Waals surface area (Å²) >= 11 is 0. The molecule has 3 N–H and O–H groups in total. The fraction of sp³-hybridized carbons (Fsp3) is 0.333. The molecule has 0 spiro atoms. The maximum absolute atomic E-state index is 12.2. The van der Waals surface area contributed by atoms with Gasteiger partial charge in [0.1, 0.15) is 6.04 Å². The number of imidazole rings is 1.